The summed E-state index contributed by atoms with van der Waals surface area (Å²) in [6.07, 6.45) is 0. The second-order valence-electron chi connectivity index (χ2n) is 7.18. The van der Waals surface area contributed by atoms with Gasteiger partial charge in [-0.15, -0.1) is 0 Å². The van der Waals surface area contributed by atoms with E-state index in [2.05, 4.69) is 4.98 Å². The maximum atomic E-state index is 13.2. The number of carboxylic acids is 1. The molecule has 33 heavy (non-hydrogen) atoms. The Balaban J connectivity index is 1.81. The third kappa shape index (κ3) is 4.37. The number of nitrogens with one attached hydrogen (secondary N) is 1. The number of imide groups is 1. The number of halogens is 1. The topological polar surface area (TPSA) is 143 Å². The van der Waals surface area contributed by atoms with E-state index in [1.54, 1.807) is 19.1 Å². The quantitative estimate of drug-likeness (QED) is 0.418. The van der Waals surface area contributed by atoms with Gasteiger partial charge in [-0.2, -0.15) is 0 Å². The number of amides is 2. The molecule has 4 rings (SSSR count). The molecular weight excluding hydrogens is 496 g/mol. The van der Waals surface area contributed by atoms with E-state index in [9.17, 15) is 24.0 Å². The van der Waals surface area contributed by atoms with Gasteiger partial charge in [0.1, 0.15) is 17.5 Å². The third-order valence-corrected chi connectivity index (χ3v) is 7.80. The fourth-order valence-corrected chi connectivity index (χ4v) is 6.64. The van der Waals surface area contributed by atoms with Crippen LogP contribution in [-0.4, -0.2) is 63.8 Å². The highest BCUT2D eigenvalue weighted by Gasteiger charge is 2.56. The van der Waals surface area contributed by atoms with Crippen molar-refractivity contribution < 1.29 is 33.8 Å². The average Bonchev–Trinajstić information content (AvgIpc) is 3.23. The number of aromatic nitrogens is 1. The molecule has 0 spiro atoms. The molecular formula is C20H17ClN2O8S2. The summed E-state index contributed by atoms with van der Waals surface area (Å²) in [6, 6.07) is 4.61. The number of carboxylic acid groups (broad SMARTS) is 1. The summed E-state index contributed by atoms with van der Waals surface area (Å²) in [7, 11) is 0. The zero-order valence-electron chi connectivity index (χ0n) is 17.0. The van der Waals surface area contributed by atoms with E-state index in [0.29, 0.717) is 20.5 Å². The summed E-state index contributed by atoms with van der Waals surface area (Å²) in [4.78, 5) is 64.9. The van der Waals surface area contributed by atoms with E-state index in [4.69, 9.17) is 26.2 Å². The molecule has 1 aromatic carbocycles. The van der Waals surface area contributed by atoms with Gasteiger partial charge < -0.3 is 19.6 Å². The van der Waals surface area contributed by atoms with Gasteiger partial charge in [0.25, 0.3) is 0 Å². The fourth-order valence-electron chi connectivity index (χ4n) is 3.93. The first-order valence-electron chi connectivity index (χ1n) is 9.75. The van der Waals surface area contributed by atoms with Crippen molar-refractivity contribution >= 4 is 58.5 Å². The van der Waals surface area contributed by atoms with Gasteiger partial charge in [0.05, 0.1) is 17.6 Å². The van der Waals surface area contributed by atoms with Crippen molar-refractivity contribution in [1.29, 1.82) is 0 Å². The molecule has 1 saturated heterocycles. The molecule has 3 atom stereocenters. The predicted octanol–water partition coefficient (Wildman–Crippen LogP) is 1.71. The van der Waals surface area contributed by atoms with Crippen molar-refractivity contribution in [3.05, 3.63) is 43.3 Å². The van der Waals surface area contributed by atoms with Crippen molar-refractivity contribution in [1.82, 2.24) is 9.88 Å². The van der Waals surface area contributed by atoms with Crippen molar-refractivity contribution in [3.8, 4) is 5.75 Å². The molecule has 10 nitrogen and oxygen atoms in total. The second kappa shape index (κ2) is 9.20. The number of likely N-dealkylation sites (tertiary alicyclic amines) is 1. The molecule has 2 aromatic rings. The Kier molecular flexibility index (Phi) is 6.50. The van der Waals surface area contributed by atoms with Crippen LogP contribution in [0.1, 0.15) is 23.3 Å². The maximum absolute atomic E-state index is 13.2. The molecule has 0 saturated carbocycles. The number of esters is 1. The molecule has 0 aliphatic carbocycles. The Labute approximate surface area is 199 Å². The number of fused-ring (bicyclic) bond motifs is 2. The monoisotopic (exact) mass is 512 g/mol. The zero-order valence-corrected chi connectivity index (χ0v) is 19.4. The number of benzene rings is 1. The number of aliphatic carboxylic acids is 1. The Morgan fingerprint density at radius 2 is 2.00 bits per heavy atom. The lowest BCUT2D eigenvalue weighted by atomic mass is 9.82. The molecule has 0 radical (unpaired) electrons. The molecule has 2 aliphatic rings. The number of carbonyl (C=O) groups is 4. The minimum absolute atomic E-state index is 0.177. The first-order valence-corrected chi connectivity index (χ1v) is 11.8. The summed E-state index contributed by atoms with van der Waals surface area (Å²) in [5.41, 5.74) is 0.400. The van der Waals surface area contributed by atoms with Crippen LogP contribution in [0.5, 0.6) is 5.75 Å². The van der Waals surface area contributed by atoms with E-state index in [0.717, 1.165) is 28.0 Å². The summed E-state index contributed by atoms with van der Waals surface area (Å²) >= 11 is 8.14. The van der Waals surface area contributed by atoms with Crippen LogP contribution in [-0.2, 0) is 23.9 Å². The number of thiazole rings is 1. The molecule has 3 heterocycles. The Morgan fingerprint density at radius 3 is 2.70 bits per heavy atom. The van der Waals surface area contributed by atoms with Crippen molar-refractivity contribution in [2.24, 2.45) is 5.92 Å². The van der Waals surface area contributed by atoms with E-state index in [1.807, 2.05) is 0 Å². The zero-order chi connectivity index (χ0) is 23.9. The lowest BCUT2D eigenvalue weighted by Gasteiger charge is -2.31. The Morgan fingerprint density at radius 1 is 1.24 bits per heavy atom. The molecule has 174 valence electrons. The normalized spacial score (nSPS) is 21.5. The van der Waals surface area contributed by atoms with Gasteiger partial charge in [0, 0.05) is 21.4 Å². The van der Waals surface area contributed by atoms with E-state index >= 15 is 0 Å². The molecule has 1 fully saturated rings. The van der Waals surface area contributed by atoms with Crippen molar-refractivity contribution in [2.45, 2.75) is 23.1 Å². The van der Waals surface area contributed by atoms with Gasteiger partial charge in [-0.25, -0.2) is 4.79 Å². The predicted molar refractivity (Wildman–Crippen MR) is 118 cm³/mol. The minimum Gasteiger partial charge on any atom is -0.482 e. The molecule has 2 unspecified atom stereocenters. The summed E-state index contributed by atoms with van der Waals surface area (Å²) in [6.45, 7) is 0.679. The van der Waals surface area contributed by atoms with Crippen LogP contribution in [0.15, 0.2) is 28.0 Å². The summed E-state index contributed by atoms with van der Waals surface area (Å²) in [5.74, 6) is -4.79. The standard InChI is InChI=1S/C20H17ClN2O8S2/c1-2-30-12(26)7-31-10-4-3-8(21)5-9(10)13-14-16(32-17-15(13)33-20(29)22-17)19(28)23(18(14)27)6-11(24)25/h3-5,13-14,16H,2,6-7H2,1H3,(H,22,29)(H,24,25)/t13-,14?,16?/m0/s1. The van der Waals surface area contributed by atoms with Gasteiger partial charge in [0.15, 0.2) is 6.61 Å². The van der Waals surface area contributed by atoms with E-state index < -0.39 is 54.0 Å². The molecule has 1 aromatic heterocycles. The van der Waals surface area contributed by atoms with Gasteiger partial charge in [-0.3, -0.25) is 24.1 Å². The van der Waals surface area contributed by atoms with E-state index in [1.165, 1.54) is 6.07 Å². The lowest BCUT2D eigenvalue weighted by Crippen LogP contribution is -2.36. The number of nitrogens with zero attached hydrogens (tertiary/aromatic N) is 1. The molecule has 2 N–H and O–H groups in total. The Hall–Kier alpha value is -2.83. The largest absolute Gasteiger partial charge is 0.482 e. The van der Waals surface area contributed by atoms with Crippen LogP contribution in [0.2, 0.25) is 5.02 Å². The maximum Gasteiger partial charge on any atom is 0.344 e. The van der Waals surface area contributed by atoms with Crippen LogP contribution in [0.4, 0.5) is 0 Å². The van der Waals surface area contributed by atoms with Crippen LogP contribution in [0.3, 0.4) is 0 Å². The van der Waals surface area contributed by atoms with Crippen molar-refractivity contribution in [2.75, 3.05) is 19.8 Å². The molecule has 13 heteroatoms. The highest BCUT2D eigenvalue weighted by molar-refractivity contribution is 8.00. The van der Waals surface area contributed by atoms with Crippen molar-refractivity contribution in [3.63, 3.8) is 0 Å². The number of rotatable bonds is 7. The first kappa shape index (κ1) is 23.3. The third-order valence-electron chi connectivity index (χ3n) is 5.17. The number of hydrogen-bond donors (Lipinski definition) is 2. The number of carbonyl (C=O) groups excluding carboxylic acids is 3. The summed E-state index contributed by atoms with van der Waals surface area (Å²) < 4.78 is 10.5. The summed E-state index contributed by atoms with van der Waals surface area (Å²) in [5, 5.41) is 8.96. The van der Waals surface area contributed by atoms with Crippen LogP contribution in [0, 0.1) is 5.92 Å². The number of ether oxygens (including phenoxy) is 2. The number of hydrogen-bond acceptors (Lipinski definition) is 9. The Bertz CT molecular complexity index is 1210. The fraction of sp³-hybridized carbons (Fsp3) is 0.350. The molecule has 2 aliphatic heterocycles. The smallest absolute Gasteiger partial charge is 0.344 e. The minimum atomic E-state index is -1.32. The van der Waals surface area contributed by atoms with Gasteiger partial charge >= 0.3 is 16.8 Å². The highest BCUT2D eigenvalue weighted by atomic mass is 35.5. The lowest BCUT2D eigenvalue weighted by molar-refractivity contribution is -0.149. The highest BCUT2D eigenvalue weighted by Crippen LogP contribution is 2.54. The van der Waals surface area contributed by atoms with Gasteiger partial charge in [-0.1, -0.05) is 34.7 Å². The van der Waals surface area contributed by atoms with Gasteiger partial charge in [0.2, 0.25) is 11.8 Å². The average molecular weight is 513 g/mol. The molecule has 0 bridgehead atoms. The molecule has 2 amide bonds. The van der Waals surface area contributed by atoms with Gasteiger partial charge in [-0.05, 0) is 25.1 Å². The first-order chi connectivity index (χ1) is 15.7. The second-order valence-corrected chi connectivity index (χ2v) is 9.78. The number of thioether (sulfide) groups is 1. The van der Waals surface area contributed by atoms with Crippen LogP contribution in [0.25, 0.3) is 0 Å². The van der Waals surface area contributed by atoms with Crippen LogP contribution < -0.4 is 9.61 Å². The van der Waals surface area contributed by atoms with E-state index in [-0.39, 0.29) is 17.2 Å². The number of H-pyrrole nitrogens is 1. The SMILES string of the molecule is CCOC(=O)COc1ccc(Cl)cc1[C@@H]1c2sc(=O)[nH]c2SC2C(=O)N(CC(=O)O)C(=O)C21. The number of aromatic amines is 1. The van der Waals surface area contributed by atoms with Crippen LogP contribution >= 0.6 is 34.7 Å².